The lowest BCUT2D eigenvalue weighted by Crippen LogP contribution is -2.49. The molecule has 1 aromatic carbocycles. The van der Waals surface area contributed by atoms with Crippen LogP contribution in [-0.2, 0) is 24.1 Å². The molecule has 5 nitrogen and oxygen atoms in total. The van der Waals surface area contributed by atoms with Crippen LogP contribution in [0.2, 0.25) is 5.02 Å². The summed E-state index contributed by atoms with van der Waals surface area (Å²) in [5.41, 5.74) is 3.11. The van der Waals surface area contributed by atoms with E-state index in [0.29, 0.717) is 10.7 Å². The number of rotatable bonds is 4. The Morgan fingerprint density at radius 3 is 2.55 bits per heavy atom. The number of fused-ring (bicyclic) bond motifs is 1. The molecule has 31 heavy (non-hydrogen) atoms. The number of nitrogens with one attached hydrogen (secondary N) is 1. The highest BCUT2D eigenvalue weighted by Gasteiger charge is 2.27. The molecule has 4 rings (SSSR count). The molecule has 0 radical (unpaired) electrons. The summed E-state index contributed by atoms with van der Waals surface area (Å²) in [7, 11) is 1.45. The number of carbonyl (C=O) groups excluding carboxylic acids is 1. The van der Waals surface area contributed by atoms with Crippen LogP contribution < -0.4 is 5.32 Å². The zero-order valence-electron chi connectivity index (χ0n) is 17.8. The topological polar surface area (TPSA) is 44.8 Å². The Kier molecular flexibility index (Phi) is 7.48. The molecule has 1 saturated heterocycles. The van der Waals surface area contributed by atoms with Gasteiger partial charge in [0, 0.05) is 42.6 Å². The minimum atomic E-state index is -0.266. The number of carbonyl (C=O) groups is 1. The maximum absolute atomic E-state index is 12.5. The number of halogens is 1. The highest BCUT2D eigenvalue weighted by atomic mass is 35.5. The normalized spacial score (nSPS) is 17.0. The molecule has 8 heteroatoms. The number of hydrogen-bond acceptors (Lipinski definition) is 5. The van der Waals surface area contributed by atoms with Crippen molar-refractivity contribution < 1.29 is 9.53 Å². The van der Waals surface area contributed by atoms with Gasteiger partial charge in [0.05, 0.1) is 12.7 Å². The average Bonchev–Trinajstić information content (AvgIpc) is 2.95. The van der Waals surface area contributed by atoms with E-state index in [9.17, 15) is 4.79 Å². The summed E-state index contributed by atoms with van der Waals surface area (Å²) >= 11 is 13.4. The van der Waals surface area contributed by atoms with Crippen molar-refractivity contribution in [1.29, 1.82) is 0 Å². The van der Waals surface area contributed by atoms with E-state index in [0.717, 1.165) is 67.6 Å². The SMILES string of the molecule is COC(=O)c1c(NC(=S)N2CCN(Cc3ccc(Cl)cc3)CC2)sc2c1CCCCC2. The van der Waals surface area contributed by atoms with E-state index in [1.165, 1.54) is 30.4 Å². The Morgan fingerprint density at radius 2 is 1.84 bits per heavy atom. The number of thiocarbonyl (C=S) groups is 1. The number of anilines is 1. The largest absolute Gasteiger partial charge is 0.465 e. The molecule has 2 heterocycles. The third-order valence-electron chi connectivity index (χ3n) is 6.01. The van der Waals surface area contributed by atoms with Gasteiger partial charge in [0.15, 0.2) is 5.11 Å². The second-order valence-electron chi connectivity index (χ2n) is 8.08. The lowest BCUT2D eigenvalue weighted by Gasteiger charge is -2.36. The van der Waals surface area contributed by atoms with Crippen molar-refractivity contribution in [1.82, 2.24) is 9.80 Å². The van der Waals surface area contributed by atoms with E-state index in [-0.39, 0.29) is 5.97 Å². The zero-order valence-corrected chi connectivity index (χ0v) is 20.2. The third-order valence-corrected chi connectivity index (χ3v) is 7.83. The molecule has 0 saturated carbocycles. The monoisotopic (exact) mass is 477 g/mol. The predicted molar refractivity (Wildman–Crippen MR) is 131 cm³/mol. The molecule has 0 amide bonds. The summed E-state index contributed by atoms with van der Waals surface area (Å²) in [5.74, 6) is -0.266. The number of methoxy groups -OCH3 is 1. The van der Waals surface area contributed by atoms with Gasteiger partial charge in [0.1, 0.15) is 5.00 Å². The second kappa shape index (κ2) is 10.3. The van der Waals surface area contributed by atoms with Crippen LogP contribution in [0.1, 0.15) is 45.6 Å². The van der Waals surface area contributed by atoms with Gasteiger partial charge in [-0.25, -0.2) is 4.79 Å². The molecule has 0 atom stereocenters. The zero-order chi connectivity index (χ0) is 21.8. The fourth-order valence-electron chi connectivity index (χ4n) is 4.28. The van der Waals surface area contributed by atoms with E-state index >= 15 is 0 Å². The van der Waals surface area contributed by atoms with E-state index in [4.69, 9.17) is 28.6 Å². The molecule has 2 aliphatic rings. The molecule has 1 N–H and O–H groups in total. The third kappa shape index (κ3) is 5.40. The van der Waals surface area contributed by atoms with Gasteiger partial charge in [-0.3, -0.25) is 4.90 Å². The first-order valence-electron chi connectivity index (χ1n) is 10.8. The second-order valence-corrected chi connectivity index (χ2v) is 10.0. The van der Waals surface area contributed by atoms with Crippen molar-refractivity contribution in [3.8, 4) is 0 Å². The number of ether oxygens (including phenoxy) is 1. The predicted octanol–water partition coefficient (Wildman–Crippen LogP) is 4.97. The van der Waals surface area contributed by atoms with Gasteiger partial charge in [-0.1, -0.05) is 30.2 Å². The summed E-state index contributed by atoms with van der Waals surface area (Å²) in [6.07, 6.45) is 5.47. The standard InChI is InChI=1S/C23H28ClN3O2S2/c1-29-22(28)20-18-5-3-2-4-6-19(18)31-21(20)25-23(30)27-13-11-26(12-14-27)15-16-7-9-17(24)10-8-16/h7-10H,2-6,11-15H2,1H3,(H,25,30). The van der Waals surface area contributed by atoms with E-state index in [1.54, 1.807) is 11.3 Å². The number of thiophene rings is 1. The minimum Gasteiger partial charge on any atom is -0.465 e. The molecule has 1 aliphatic carbocycles. The van der Waals surface area contributed by atoms with Crippen LogP contribution in [0.15, 0.2) is 24.3 Å². The van der Waals surface area contributed by atoms with E-state index < -0.39 is 0 Å². The van der Waals surface area contributed by atoms with Crippen molar-refractivity contribution in [3.63, 3.8) is 0 Å². The Bertz CT molecular complexity index is 937. The smallest absolute Gasteiger partial charge is 0.341 e. The van der Waals surface area contributed by atoms with Crippen LogP contribution in [0.5, 0.6) is 0 Å². The Hall–Kier alpha value is -1.67. The van der Waals surface area contributed by atoms with Gasteiger partial charge in [-0.2, -0.15) is 0 Å². The number of esters is 1. The first-order chi connectivity index (χ1) is 15.0. The van der Waals surface area contributed by atoms with Crippen LogP contribution in [0.25, 0.3) is 0 Å². The van der Waals surface area contributed by atoms with Gasteiger partial charge in [-0.15, -0.1) is 11.3 Å². The minimum absolute atomic E-state index is 0.266. The maximum atomic E-state index is 12.5. The van der Waals surface area contributed by atoms with Crippen molar-refractivity contribution in [2.75, 3.05) is 38.6 Å². The van der Waals surface area contributed by atoms with Crippen molar-refractivity contribution >= 4 is 51.2 Å². The average molecular weight is 478 g/mol. The van der Waals surface area contributed by atoms with E-state index in [1.807, 2.05) is 12.1 Å². The van der Waals surface area contributed by atoms with Gasteiger partial charge in [-0.05, 0) is 61.2 Å². The molecule has 1 fully saturated rings. The molecule has 0 unspecified atom stereocenters. The Morgan fingerprint density at radius 1 is 1.13 bits per heavy atom. The van der Waals surface area contributed by atoms with Crippen molar-refractivity contribution in [3.05, 3.63) is 50.9 Å². The van der Waals surface area contributed by atoms with Gasteiger partial charge < -0.3 is 15.0 Å². The molecular weight excluding hydrogens is 450 g/mol. The Balaban J connectivity index is 1.39. The van der Waals surface area contributed by atoms with Gasteiger partial charge >= 0.3 is 5.97 Å². The van der Waals surface area contributed by atoms with Gasteiger partial charge in [0.2, 0.25) is 0 Å². The van der Waals surface area contributed by atoms with Crippen LogP contribution >= 0.6 is 35.2 Å². The first kappa shape index (κ1) is 22.5. The van der Waals surface area contributed by atoms with Crippen molar-refractivity contribution in [2.45, 2.75) is 38.6 Å². The number of nitrogens with zero attached hydrogens (tertiary/aromatic N) is 2. The molecule has 2 aromatic rings. The van der Waals surface area contributed by atoms with E-state index in [2.05, 4.69) is 27.2 Å². The highest BCUT2D eigenvalue weighted by molar-refractivity contribution is 7.80. The van der Waals surface area contributed by atoms with Crippen molar-refractivity contribution in [2.24, 2.45) is 0 Å². The lowest BCUT2D eigenvalue weighted by molar-refractivity contribution is 0.0601. The summed E-state index contributed by atoms with van der Waals surface area (Å²) in [6.45, 7) is 4.51. The number of piperazine rings is 1. The quantitative estimate of drug-likeness (QED) is 0.381. The molecule has 1 aromatic heterocycles. The molecule has 166 valence electrons. The molecule has 0 spiro atoms. The Labute approximate surface area is 198 Å². The van der Waals surface area contributed by atoms with Gasteiger partial charge in [0.25, 0.3) is 0 Å². The first-order valence-corrected chi connectivity index (χ1v) is 12.4. The van der Waals surface area contributed by atoms with Crippen LogP contribution in [-0.4, -0.2) is 54.2 Å². The molecular formula is C23H28ClN3O2S2. The summed E-state index contributed by atoms with van der Waals surface area (Å²) < 4.78 is 5.10. The summed E-state index contributed by atoms with van der Waals surface area (Å²) in [6, 6.07) is 8.04. The number of hydrogen-bond donors (Lipinski definition) is 1. The molecule has 1 aliphatic heterocycles. The lowest BCUT2D eigenvalue weighted by atomic mass is 10.1. The highest BCUT2D eigenvalue weighted by Crippen LogP contribution is 2.38. The van der Waals surface area contributed by atoms with Crippen LogP contribution in [0.3, 0.4) is 0 Å². The number of aryl methyl sites for hydroxylation is 1. The summed E-state index contributed by atoms with van der Waals surface area (Å²) in [5, 5.41) is 5.68. The fraction of sp³-hybridized carbons (Fsp3) is 0.478. The fourth-order valence-corrected chi connectivity index (χ4v) is 6.03. The molecule has 0 bridgehead atoms. The van der Waals surface area contributed by atoms with Crippen LogP contribution in [0, 0.1) is 0 Å². The maximum Gasteiger partial charge on any atom is 0.341 e. The number of benzene rings is 1. The van der Waals surface area contributed by atoms with Crippen LogP contribution in [0.4, 0.5) is 5.00 Å². The summed E-state index contributed by atoms with van der Waals surface area (Å²) in [4.78, 5) is 18.5.